The standard InChI is InChI=1S/C27H32N6O3S/c1-32(2)12-7-13-35-27-23(31-37-20-8-5-4-6-9-20)15-19(16-30-27)18-10-11-22(28)21(14-18)25-26(29)33(3)24(34)17-36-25/h4-6,8-11,14-16,31H,7,12-13,17,28-29H2,1-3H3. The number of ether oxygens (including phenoxy) is 2. The minimum Gasteiger partial charge on any atom is -0.479 e. The third-order valence-electron chi connectivity index (χ3n) is 5.80. The van der Waals surface area contributed by atoms with Crippen molar-refractivity contribution in [1.29, 1.82) is 0 Å². The van der Waals surface area contributed by atoms with Crippen LogP contribution >= 0.6 is 11.9 Å². The lowest BCUT2D eigenvalue weighted by molar-refractivity contribution is -0.132. The fourth-order valence-electron chi connectivity index (χ4n) is 3.69. The van der Waals surface area contributed by atoms with Crippen molar-refractivity contribution in [3.8, 4) is 17.0 Å². The van der Waals surface area contributed by atoms with E-state index in [4.69, 9.17) is 20.9 Å². The minimum atomic E-state index is -0.215. The molecule has 0 fully saturated rings. The van der Waals surface area contributed by atoms with Crippen LogP contribution in [0, 0.1) is 0 Å². The first-order valence-electron chi connectivity index (χ1n) is 11.9. The number of nitrogens with zero attached hydrogens (tertiary/aromatic N) is 3. The Bertz CT molecular complexity index is 1280. The first-order valence-corrected chi connectivity index (χ1v) is 12.7. The fourth-order valence-corrected chi connectivity index (χ4v) is 4.36. The molecule has 1 amide bonds. The number of pyridine rings is 1. The highest BCUT2D eigenvalue weighted by Gasteiger charge is 2.25. The molecule has 3 aromatic rings. The van der Waals surface area contributed by atoms with Crippen LogP contribution in [0.3, 0.4) is 0 Å². The van der Waals surface area contributed by atoms with Crippen LogP contribution < -0.4 is 20.9 Å². The molecule has 0 radical (unpaired) electrons. The zero-order valence-electron chi connectivity index (χ0n) is 21.2. The Morgan fingerprint density at radius 3 is 2.68 bits per heavy atom. The van der Waals surface area contributed by atoms with Gasteiger partial charge >= 0.3 is 0 Å². The van der Waals surface area contributed by atoms with E-state index >= 15 is 0 Å². The number of carbonyl (C=O) groups excluding carboxylic acids is 1. The van der Waals surface area contributed by atoms with Gasteiger partial charge in [-0.15, -0.1) is 0 Å². The molecule has 9 nitrogen and oxygen atoms in total. The number of benzene rings is 2. The quantitative estimate of drug-likeness (QED) is 0.208. The normalized spacial score (nSPS) is 13.6. The Morgan fingerprint density at radius 2 is 1.92 bits per heavy atom. The topological polar surface area (TPSA) is 119 Å². The summed E-state index contributed by atoms with van der Waals surface area (Å²) >= 11 is 1.49. The van der Waals surface area contributed by atoms with Crippen molar-refractivity contribution in [2.75, 3.05) is 51.4 Å². The van der Waals surface area contributed by atoms with Gasteiger partial charge in [0, 0.05) is 41.5 Å². The van der Waals surface area contributed by atoms with Gasteiger partial charge in [0.2, 0.25) is 5.88 Å². The molecule has 10 heteroatoms. The molecular weight excluding hydrogens is 488 g/mol. The molecule has 0 saturated carbocycles. The maximum atomic E-state index is 11.9. The molecule has 1 aromatic heterocycles. The number of nitrogens with two attached hydrogens (primary N) is 2. The summed E-state index contributed by atoms with van der Waals surface area (Å²) < 4.78 is 15.1. The number of anilines is 2. The summed E-state index contributed by atoms with van der Waals surface area (Å²) in [5.41, 5.74) is 16.0. The molecule has 0 spiro atoms. The monoisotopic (exact) mass is 520 g/mol. The van der Waals surface area contributed by atoms with Gasteiger partial charge in [0.05, 0.1) is 6.61 Å². The number of amides is 1. The lowest BCUT2D eigenvalue weighted by Crippen LogP contribution is -2.38. The molecule has 2 aromatic carbocycles. The molecular formula is C27H32N6O3S. The summed E-state index contributed by atoms with van der Waals surface area (Å²) in [6.45, 7) is 1.39. The SMILES string of the molecule is CN(C)CCCOc1ncc(-c2ccc(N)c(C3=C(N)N(C)C(=O)CO3)c2)cc1NSc1ccccc1. The number of rotatable bonds is 10. The molecule has 2 heterocycles. The van der Waals surface area contributed by atoms with E-state index in [-0.39, 0.29) is 18.3 Å². The third-order valence-corrected chi connectivity index (χ3v) is 6.63. The van der Waals surface area contributed by atoms with Crippen molar-refractivity contribution in [2.45, 2.75) is 11.3 Å². The second-order valence-electron chi connectivity index (χ2n) is 8.86. The van der Waals surface area contributed by atoms with Crippen molar-refractivity contribution in [1.82, 2.24) is 14.8 Å². The van der Waals surface area contributed by atoms with Gasteiger partial charge in [-0.2, -0.15) is 0 Å². The highest BCUT2D eigenvalue weighted by atomic mass is 32.2. The van der Waals surface area contributed by atoms with Crippen molar-refractivity contribution in [3.05, 3.63) is 72.2 Å². The maximum Gasteiger partial charge on any atom is 0.265 e. The number of aromatic nitrogens is 1. The zero-order chi connectivity index (χ0) is 26.4. The van der Waals surface area contributed by atoms with Crippen molar-refractivity contribution < 1.29 is 14.3 Å². The largest absolute Gasteiger partial charge is 0.479 e. The van der Waals surface area contributed by atoms with Crippen LogP contribution in [0.15, 0.2) is 71.5 Å². The first-order chi connectivity index (χ1) is 17.8. The maximum absolute atomic E-state index is 11.9. The molecule has 37 heavy (non-hydrogen) atoms. The molecule has 0 bridgehead atoms. The van der Waals surface area contributed by atoms with Gasteiger partial charge in [-0.3, -0.25) is 9.69 Å². The summed E-state index contributed by atoms with van der Waals surface area (Å²) in [6, 6.07) is 17.6. The van der Waals surface area contributed by atoms with Crippen LogP contribution in [-0.2, 0) is 9.53 Å². The Labute approximate surface area is 221 Å². The van der Waals surface area contributed by atoms with E-state index in [1.165, 1.54) is 16.8 Å². The fraction of sp³-hybridized carbons (Fsp3) is 0.259. The van der Waals surface area contributed by atoms with Gasteiger partial charge < -0.3 is 30.6 Å². The highest BCUT2D eigenvalue weighted by Crippen LogP contribution is 2.35. The van der Waals surface area contributed by atoms with Crippen molar-refractivity contribution in [3.63, 3.8) is 0 Å². The highest BCUT2D eigenvalue weighted by molar-refractivity contribution is 8.00. The number of likely N-dealkylation sites (N-methyl/N-ethyl adjacent to an activating group) is 1. The smallest absolute Gasteiger partial charge is 0.265 e. The number of carbonyl (C=O) groups is 1. The molecule has 4 rings (SSSR count). The minimum absolute atomic E-state index is 0.0948. The van der Waals surface area contributed by atoms with E-state index in [2.05, 4.69) is 14.6 Å². The van der Waals surface area contributed by atoms with Crippen LogP contribution in [0.4, 0.5) is 11.4 Å². The average molecular weight is 521 g/mol. The third kappa shape index (κ3) is 6.46. The summed E-state index contributed by atoms with van der Waals surface area (Å²) in [4.78, 5) is 21.1. The molecule has 5 N–H and O–H groups in total. The van der Waals surface area contributed by atoms with Gasteiger partial charge in [0.15, 0.2) is 12.4 Å². The van der Waals surface area contributed by atoms with Crippen LogP contribution in [0.25, 0.3) is 16.9 Å². The van der Waals surface area contributed by atoms with Gasteiger partial charge in [-0.25, -0.2) is 4.98 Å². The Morgan fingerprint density at radius 1 is 1.14 bits per heavy atom. The van der Waals surface area contributed by atoms with Crippen LogP contribution in [-0.4, -0.2) is 61.6 Å². The molecule has 0 saturated heterocycles. The van der Waals surface area contributed by atoms with Gasteiger partial charge in [0.25, 0.3) is 5.91 Å². The van der Waals surface area contributed by atoms with Crippen LogP contribution in [0.2, 0.25) is 0 Å². The van der Waals surface area contributed by atoms with E-state index in [9.17, 15) is 4.79 Å². The van der Waals surface area contributed by atoms with Gasteiger partial charge in [0.1, 0.15) is 11.5 Å². The number of hydrogen-bond acceptors (Lipinski definition) is 9. The first kappa shape index (κ1) is 26.2. The van der Waals surface area contributed by atoms with E-state index in [0.717, 1.165) is 34.7 Å². The van der Waals surface area contributed by atoms with Crippen molar-refractivity contribution >= 4 is 35.0 Å². The molecule has 1 aliphatic heterocycles. The lowest BCUT2D eigenvalue weighted by Gasteiger charge is -2.27. The van der Waals surface area contributed by atoms with E-state index in [0.29, 0.717) is 29.5 Å². The molecule has 0 unspecified atom stereocenters. The van der Waals surface area contributed by atoms with Crippen LogP contribution in [0.1, 0.15) is 12.0 Å². The molecule has 0 atom stereocenters. The van der Waals surface area contributed by atoms with Crippen molar-refractivity contribution in [2.24, 2.45) is 5.73 Å². The van der Waals surface area contributed by atoms with Gasteiger partial charge in [-0.1, -0.05) is 24.3 Å². The van der Waals surface area contributed by atoms with E-state index in [1.54, 1.807) is 19.3 Å². The summed E-state index contributed by atoms with van der Waals surface area (Å²) in [5, 5.41) is 0. The zero-order valence-corrected chi connectivity index (χ0v) is 22.0. The Balaban J connectivity index is 1.64. The number of nitrogen functional groups attached to an aromatic ring is 1. The number of nitrogens with one attached hydrogen (secondary N) is 1. The summed E-state index contributed by atoms with van der Waals surface area (Å²) in [7, 11) is 5.69. The summed E-state index contributed by atoms with van der Waals surface area (Å²) in [5.74, 6) is 0.923. The summed E-state index contributed by atoms with van der Waals surface area (Å²) in [6.07, 6.45) is 2.65. The predicted molar refractivity (Wildman–Crippen MR) is 149 cm³/mol. The van der Waals surface area contributed by atoms with Gasteiger partial charge in [-0.05, 0) is 68.4 Å². The van der Waals surface area contributed by atoms with E-state index in [1.807, 2.05) is 62.6 Å². The second kappa shape index (κ2) is 11.9. The Hall–Kier alpha value is -3.89. The predicted octanol–water partition coefficient (Wildman–Crippen LogP) is 3.85. The van der Waals surface area contributed by atoms with E-state index < -0.39 is 0 Å². The number of hydrogen-bond donors (Lipinski definition) is 3. The average Bonchev–Trinajstić information content (AvgIpc) is 2.90. The second-order valence-corrected chi connectivity index (χ2v) is 9.74. The molecule has 0 aliphatic carbocycles. The molecule has 1 aliphatic rings. The Kier molecular flexibility index (Phi) is 8.42. The molecule has 194 valence electrons. The van der Waals surface area contributed by atoms with Crippen LogP contribution in [0.5, 0.6) is 5.88 Å². The lowest BCUT2D eigenvalue weighted by atomic mass is 10.0.